The Bertz CT molecular complexity index is 645. The highest BCUT2D eigenvalue weighted by Crippen LogP contribution is 2.30. The van der Waals surface area contributed by atoms with E-state index in [9.17, 15) is 4.79 Å². The molecule has 1 aromatic carbocycles. The number of nitrogens with one attached hydrogen (secondary N) is 2. The largest absolute Gasteiger partial charge is 0.330 e. The second kappa shape index (κ2) is 4.51. The molecule has 5 nitrogen and oxygen atoms in total. The molecule has 0 radical (unpaired) electrons. The lowest BCUT2D eigenvalue weighted by Gasteiger charge is -2.03. The predicted octanol–water partition coefficient (Wildman–Crippen LogP) is 1.38. The molecule has 1 aliphatic rings. The number of hydrogen-bond donors (Lipinski definition) is 3. The Hall–Kier alpha value is -2.14. The summed E-state index contributed by atoms with van der Waals surface area (Å²) in [6.07, 6.45) is 1.24. The molecular formula is C14H16N4O. The molecule has 4 N–H and O–H groups in total. The molecule has 3 rings (SSSR count). The average molecular weight is 256 g/mol. The highest BCUT2D eigenvalue weighted by Gasteiger charge is 2.19. The van der Waals surface area contributed by atoms with E-state index in [0.29, 0.717) is 13.0 Å². The van der Waals surface area contributed by atoms with Crippen molar-refractivity contribution < 1.29 is 4.79 Å². The van der Waals surface area contributed by atoms with Crippen LogP contribution in [0.15, 0.2) is 18.2 Å². The molecule has 5 heteroatoms. The first-order valence-corrected chi connectivity index (χ1v) is 6.36. The summed E-state index contributed by atoms with van der Waals surface area (Å²) in [5.74, 6) is 0.0507. The number of anilines is 1. The molecule has 1 amide bonds. The molecule has 0 bridgehead atoms. The lowest BCUT2D eigenvalue weighted by molar-refractivity contribution is -0.115. The first-order valence-electron chi connectivity index (χ1n) is 6.36. The number of aromatic nitrogens is 2. The Morgan fingerprint density at radius 3 is 3.05 bits per heavy atom. The summed E-state index contributed by atoms with van der Waals surface area (Å²) in [4.78, 5) is 11.4. The minimum Gasteiger partial charge on any atom is -0.330 e. The van der Waals surface area contributed by atoms with Crippen LogP contribution in [0, 0.1) is 6.92 Å². The van der Waals surface area contributed by atoms with E-state index in [1.165, 1.54) is 0 Å². The number of fused-ring (bicyclic) bond motifs is 1. The third-order valence-electron chi connectivity index (χ3n) is 3.51. The maximum Gasteiger partial charge on any atom is 0.228 e. The van der Waals surface area contributed by atoms with Gasteiger partial charge in [0, 0.05) is 23.4 Å². The number of nitrogens with two attached hydrogens (primary N) is 1. The molecule has 2 aromatic rings. The Balaban J connectivity index is 1.99. The van der Waals surface area contributed by atoms with Gasteiger partial charge in [0.2, 0.25) is 5.91 Å². The van der Waals surface area contributed by atoms with Crippen LogP contribution in [-0.2, 0) is 17.6 Å². The van der Waals surface area contributed by atoms with Gasteiger partial charge < -0.3 is 11.1 Å². The monoisotopic (exact) mass is 256 g/mol. The quantitative estimate of drug-likeness (QED) is 0.775. The number of carbonyl (C=O) groups excluding carboxylic acids is 1. The number of amides is 1. The van der Waals surface area contributed by atoms with Gasteiger partial charge >= 0.3 is 0 Å². The topological polar surface area (TPSA) is 83.8 Å². The Labute approximate surface area is 111 Å². The molecule has 0 atom stereocenters. The molecule has 98 valence electrons. The lowest BCUT2D eigenvalue weighted by Crippen LogP contribution is -2.03. The fraction of sp³-hybridized carbons (Fsp3) is 0.286. The van der Waals surface area contributed by atoms with Crippen molar-refractivity contribution in [2.75, 3.05) is 11.9 Å². The van der Waals surface area contributed by atoms with E-state index >= 15 is 0 Å². The summed E-state index contributed by atoms with van der Waals surface area (Å²) in [6.45, 7) is 2.64. The Morgan fingerprint density at radius 1 is 1.42 bits per heavy atom. The van der Waals surface area contributed by atoms with Gasteiger partial charge in [0.25, 0.3) is 0 Å². The van der Waals surface area contributed by atoms with Crippen LogP contribution in [0.5, 0.6) is 0 Å². The van der Waals surface area contributed by atoms with Crippen molar-refractivity contribution in [2.45, 2.75) is 19.8 Å². The van der Waals surface area contributed by atoms with Crippen molar-refractivity contribution >= 4 is 11.6 Å². The molecular weight excluding hydrogens is 240 g/mol. The minimum atomic E-state index is 0.0507. The molecule has 19 heavy (non-hydrogen) atoms. The van der Waals surface area contributed by atoms with Crippen molar-refractivity contribution in [3.8, 4) is 11.3 Å². The van der Waals surface area contributed by atoms with Crippen molar-refractivity contribution in [1.82, 2.24) is 10.2 Å². The predicted molar refractivity (Wildman–Crippen MR) is 73.9 cm³/mol. The van der Waals surface area contributed by atoms with Crippen LogP contribution in [0.3, 0.4) is 0 Å². The SMILES string of the molecule is Cc1c(-c2ccc3c(c2)CC(=O)N3)n[nH]c1CCN. The summed E-state index contributed by atoms with van der Waals surface area (Å²) in [7, 11) is 0. The standard InChI is InChI=1S/C14H16N4O/c1-8-11(4-5-15)17-18-14(8)9-2-3-12-10(6-9)7-13(19)16-12/h2-3,6H,4-5,7,15H2,1H3,(H,16,19)(H,17,18). The number of nitrogens with zero attached hydrogens (tertiary/aromatic N) is 1. The Kier molecular flexibility index (Phi) is 2.83. The fourth-order valence-corrected chi connectivity index (χ4v) is 2.48. The molecule has 0 spiro atoms. The molecule has 1 aliphatic heterocycles. The van der Waals surface area contributed by atoms with E-state index in [0.717, 1.165) is 40.2 Å². The van der Waals surface area contributed by atoms with Gasteiger partial charge in [-0.3, -0.25) is 9.89 Å². The number of rotatable bonds is 3. The number of aromatic amines is 1. The van der Waals surface area contributed by atoms with Gasteiger partial charge in [0.15, 0.2) is 0 Å². The first kappa shape index (κ1) is 11.9. The number of carbonyl (C=O) groups is 1. The molecule has 0 saturated heterocycles. The van der Waals surface area contributed by atoms with Crippen molar-refractivity contribution in [2.24, 2.45) is 5.73 Å². The smallest absolute Gasteiger partial charge is 0.228 e. The van der Waals surface area contributed by atoms with Gasteiger partial charge in [-0.25, -0.2) is 0 Å². The van der Waals surface area contributed by atoms with Crippen molar-refractivity contribution in [3.05, 3.63) is 35.0 Å². The van der Waals surface area contributed by atoms with E-state index in [4.69, 9.17) is 5.73 Å². The van der Waals surface area contributed by atoms with Crippen LogP contribution < -0.4 is 11.1 Å². The zero-order valence-electron chi connectivity index (χ0n) is 10.8. The summed E-state index contributed by atoms with van der Waals surface area (Å²) in [6, 6.07) is 5.95. The second-order valence-corrected chi connectivity index (χ2v) is 4.81. The van der Waals surface area contributed by atoms with Crippen molar-refractivity contribution in [3.63, 3.8) is 0 Å². The zero-order chi connectivity index (χ0) is 13.4. The summed E-state index contributed by atoms with van der Waals surface area (Å²) in [5, 5.41) is 10.2. The van der Waals surface area contributed by atoms with Crippen LogP contribution in [0.2, 0.25) is 0 Å². The third-order valence-corrected chi connectivity index (χ3v) is 3.51. The van der Waals surface area contributed by atoms with Gasteiger partial charge in [0.05, 0.1) is 12.1 Å². The molecule has 1 aromatic heterocycles. The van der Waals surface area contributed by atoms with Crippen molar-refractivity contribution in [1.29, 1.82) is 0 Å². The molecule has 0 unspecified atom stereocenters. The third kappa shape index (κ3) is 2.02. The van der Waals surface area contributed by atoms with E-state index in [2.05, 4.69) is 15.5 Å². The maximum absolute atomic E-state index is 11.4. The van der Waals surface area contributed by atoms with Gasteiger partial charge in [0.1, 0.15) is 0 Å². The molecule has 0 aliphatic carbocycles. The van der Waals surface area contributed by atoms with Crippen LogP contribution in [0.25, 0.3) is 11.3 Å². The van der Waals surface area contributed by atoms with Gasteiger partial charge in [-0.1, -0.05) is 6.07 Å². The summed E-state index contributed by atoms with van der Waals surface area (Å²) >= 11 is 0. The first-order chi connectivity index (χ1) is 9.19. The lowest BCUT2D eigenvalue weighted by atomic mass is 10.0. The number of hydrogen-bond acceptors (Lipinski definition) is 3. The zero-order valence-corrected chi connectivity index (χ0v) is 10.8. The minimum absolute atomic E-state index is 0.0507. The summed E-state index contributed by atoms with van der Waals surface area (Å²) in [5.41, 5.74) is 11.7. The van der Waals surface area contributed by atoms with Gasteiger partial charge in [-0.05, 0) is 36.7 Å². The van der Waals surface area contributed by atoms with Gasteiger partial charge in [-0.2, -0.15) is 5.10 Å². The Morgan fingerprint density at radius 2 is 2.26 bits per heavy atom. The number of benzene rings is 1. The van der Waals surface area contributed by atoms with Crippen LogP contribution in [0.4, 0.5) is 5.69 Å². The maximum atomic E-state index is 11.4. The van der Waals surface area contributed by atoms with E-state index in [1.807, 2.05) is 25.1 Å². The molecule has 0 fully saturated rings. The fourth-order valence-electron chi connectivity index (χ4n) is 2.48. The second-order valence-electron chi connectivity index (χ2n) is 4.81. The molecule has 2 heterocycles. The molecule has 0 saturated carbocycles. The van der Waals surface area contributed by atoms with Crippen LogP contribution in [-0.4, -0.2) is 22.6 Å². The normalized spacial score (nSPS) is 13.5. The van der Waals surface area contributed by atoms with E-state index < -0.39 is 0 Å². The highest BCUT2D eigenvalue weighted by atomic mass is 16.1. The summed E-state index contributed by atoms with van der Waals surface area (Å²) < 4.78 is 0. The van der Waals surface area contributed by atoms with E-state index in [-0.39, 0.29) is 5.91 Å². The average Bonchev–Trinajstić information content (AvgIpc) is 2.92. The van der Waals surface area contributed by atoms with Crippen LogP contribution in [0.1, 0.15) is 16.8 Å². The number of H-pyrrole nitrogens is 1. The van der Waals surface area contributed by atoms with E-state index in [1.54, 1.807) is 0 Å². The van der Waals surface area contributed by atoms with Crippen LogP contribution >= 0.6 is 0 Å². The highest BCUT2D eigenvalue weighted by molar-refractivity contribution is 5.99. The van der Waals surface area contributed by atoms with Gasteiger partial charge in [-0.15, -0.1) is 0 Å².